The molecule has 2 aromatic carbocycles. The number of amides is 3. The van der Waals surface area contributed by atoms with Crippen molar-refractivity contribution < 1.29 is 72.4 Å². The van der Waals surface area contributed by atoms with E-state index in [-0.39, 0.29) is 25.7 Å². The number of halogens is 1. The minimum Gasteiger partial charge on any atom is -0.481 e. The number of alkyl carbamates (subject to hydrolysis) is 1. The number of aliphatic carboxylic acids is 3. The van der Waals surface area contributed by atoms with E-state index in [2.05, 4.69) is 25.7 Å². The van der Waals surface area contributed by atoms with Crippen LogP contribution in [0.15, 0.2) is 54.7 Å². The number of ketones is 4. The van der Waals surface area contributed by atoms with Gasteiger partial charge in [-0.3, -0.25) is 43.2 Å². The average Bonchev–Trinajstić information content (AvgIpc) is 3.61. The number of aromatic amines is 1. The van der Waals surface area contributed by atoms with Crippen molar-refractivity contribution in [3.05, 3.63) is 71.7 Å². The highest BCUT2D eigenvalue weighted by molar-refractivity contribution is 5.97. The zero-order chi connectivity index (χ0) is 45.2. The number of aromatic nitrogens is 1. The number of carbonyl (C=O) groups is 10. The number of carbonyl (C=O) groups excluding carboxylic acids is 7. The number of methoxy groups -OCH3 is 1. The van der Waals surface area contributed by atoms with E-state index in [0.717, 1.165) is 24.1 Å². The molecule has 3 amide bonds. The smallest absolute Gasteiger partial charge is 0.407 e. The van der Waals surface area contributed by atoms with Crippen LogP contribution >= 0.6 is 0 Å². The highest BCUT2D eigenvalue weighted by Gasteiger charge is 2.33. The van der Waals surface area contributed by atoms with E-state index in [4.69, 9.17) is 0 Å². The number of fused-ring (bicyclic) bond motifs is 1. The molecule has 0 aliphatic heterocycles. The molecule has 0 spiro atoms. The van der Waals surface area contributed by atoms with Crippen molar-refractivity contribution in [2.45, 2.75) is 83.2 Å². The Morgan fingerprint density at radius 2 is 1.34 bits per heavy atom. The summed E-state index contributed by atoms with van der Waals surface area (Å²) in [7, 11) is 0.978. The first-order chi connectivity index (χ1) is 28.9. The summed E-state index contributed by atoms with van der Waals surface area (Å²) in [4.78, 5) is 129. The summed E-state index contributed by atoms with van der Waals surface area (Å²) in [6.07, 6.45) is -3.77. The minimum absolute atomic E-state index is 0.0618. The van der Waals surface area contributed by atoms with Crippen LogP contribution in [0, 0.1) is 23.6 Å². The number of hydrogen-bond acceptors (Lipinski definition) is 11. The quantitative estimate of drug-likeness (QED) is 0.0581. The molecular weight excluding hydrogens is 803 g/mol. The van der Waals surface area contributed by atoms with Crippen molar-refractivity contribution >= 4 is 69.9 Å². The van der Waals surface area contributed by atoms with Crippen LogP contribution in [-0.4, -0.2) is 105 Å². The summed E-state index contributed by atoms with van der Waals surface area (Å²) < 4.78 is 18.7. The van der Waals surface area contributed by atoms with Crippen LogP contribution in [0.1, 0.15) is 69.4 Å². The second kappa shape index (κ2) is 23.7. The van der Waals surface area contributed by atoms with Gasteiger partial charge in [0.1, 0.15) is 17.6 Å². The van der Waals surface area contributed by atoms with Crippen LogP contribution < -0.4 is 16.0 Å². The zero-order valence-corrected chi connectivity index (χ0v) is 33.6. The maximum atomic E-state index is 14.3. The number of H-pyrrole nitrogens is 1. The van der Waals surface area contributed by atoms with E-state index in [0.29, 0.717) is 11.1 Å². The van der Waals surface area contributed by atoms with Crippen molar-refractivity contribution in [3.63, 3.8) is 0 Å². The van der Waals surface area contributed by atoms with E-state index < -0.39 is 140 Å². The number of carboxylic acids is 3. The van der Waals surface area contributed by atoms with Crippen LogP contribution in [0.2, 0.25) is 0 Å². The molecule has 0 fully saturated rings. The Balaban J connectivity index is 1.86. The first kappa shape index (κ1) is 48.6. The SMILES string of the molecule is COC(=O)N[C@H](CC(=O)O)C(=O)C[C@@H](CCC(=O)O)C(=O)NCC(=O)C[C@@H](Cc1cccc(F)c1)C(=O)N[C@@H](Cc1c[nH]c2ccccc12)C(=O)C[C@@H](CCC(=O)O)C(C)=O. The summed E-state index contributed by atoms with van der Waals surface area (Å²) in [5, 5.41) is 35.5. The molecule has 3 aromatic rings. The van der Waals surface area contributed by atoms with Crippen molar-refractivity contribution in [3.8, 4) is 0 Å². The first-order valence-corrected chi connectivity index (χ1v) is 19.3. The monoisotopic (exact) mass is 852 g/mol. The number of Topliss-reactive ketones (excluding diaryl/α,β-unsaturated/α-hetero) is 4. The molecule has 5 atom stereocenters. The molecule has 18 nitrogen and oxygen atoms in total. The molecule has 7 N–H and O–H groups in total. The fourth-order valence-electron chi connectivity index (χ4n) is 6.70. The molecule has 0 saturated carbocycles. The summed E-state index contributed by atoms with van der Waals surface area (Å²) >= 11 is 0. The molecule has 0 radical (unpaired) electrons. The van der Waals surface area contributed by atoms with Gasteiger partial charge in [-0.2, -0.15) is 0 Å². The van der Waals surface area contributed by atoms with Gasteiger partial charge in [0.15, 0.2) is 17.3 Å². The van der Waals surface area contributed by atoms with E-state index in [1.807, 2.05) is 0 Å². The standard InChI is InChI=1S/C42H49FN4O14/c1-23(48)25(10-12-37(52)53)18-35(50)33(17-28-21-44-32-9-4-3-8-31(28)32)46-41(59)27(14-24-6-5-7-29(43)15-24)16-30(49)22-45-40(58)26(11-13-38(54)55)19-36(51)34(20-39(56)57)47-42(60)61-2/h3-9,15,21,25-27,33-34,44H,10-14,16-20,22H2,1-2H3,(H,45,58)(H,46,59)(H,47,60)(H,52,53)(H,54,55)(H,56,57)/t25-,26-,27-,33+,34-/m1/s1. The van der Waals surface area contributed by atoms with Crippen LogP contribution in [0.25, 0.3) is 10.9 Å². The normalized spacial score (nSPS) is 13.4. The molecule has 0 aliphatic carbocycles. The van der Waals surface area contributed by atoms with E-state index >= 15 is 0 Å². The summed E-state index contributed by atoms with van der Waals surface area (Å²) in [6.45, 7) is 0.515. The molecule has 3 rings (SSSR count). The Bertz CT molecular complexity index is 2120. The van der Waals surface area contributed by atoms with Gasteiger partial charge in [0, 0.05) is 73.4 Å². The lowest BCUT2D eigenvalue weighted by atomic mass is 9.88. The largest absolute Gasteiger partial charge is 0.481 e. The molecular formula is C42H49FN4O14. The lowest BCUT2D eigenvalue weighted by Crippen LogP contribution is -2.47. The Kier molecular flexibility index (Phi) is 18.9. The number of carboxylic acid groups (broad SMARTS) is 3. The second-order valence-electron chi connectivity index (χ2n) is 14.6. The fraction of sp³-hybridized carbons (Fsp3) is 0.429. The van der Waals surface area contributed by atoms with Gasteiger partial charge < -0.3 is 41.0 Å². The molecule has 61 heavy (non-hydrogen) atoms. The van der Waals surface area contributed by atoms with E-state index in [1.54, 1.807) is 30.5 Å². The third kappa shape index (κ3) is 16.4. The molecule has 0 bridgehead atoms. The Labute approximate surface area is 349 Å². The number of ether oxygens (including phenoxy) is 1. The van der Waals surface area contributed by atoms with Gasteiger partial charge >= 0.3 is 24.0 Å². The lowest BCUT2D eigenvalue weighted by Gasteiger charge is -2.24. The highest BCUT2D eigenvalue weighted by atomic mass is 19.1. The molecule has 19 heteroatoms. The summed E-state index contributed by atoms with van der Waals surface area (Å²) in [5.41, 5.74) is 1.68. The number of nitrogens with one attached hydrogen (secondary N) is 4. The molecule has 0 aliphatic rings. The van der Waals surface area contributed by atoms with Crippen molar-refractivity contribution in [2.24, 2.45) is 17.8 Å². The van der Waals surface area contributed by atoms with E-state index in [9.17, 15) is 67.7 Å². The average molecular weight is 853 g/mol. The minimum atomic E-state index is -1.63. The maximum absolute atomic E-state index is 14.3. The van der Waals surface area contributed by atoms with Crippen molar-refractivity contribution in [1.82, 2.24) is 20.9 Å². The summed E-state index contributed by atoms with van der Waals surface area (Å²) in [5.74, 6) is -12.6. The number of rotatable bonds is 27. The van der Waals surface area contributed by atoms with Crippen LogP contribution in [-0.2, 0) is 60.7 Å². The molecule has 0 saturated heterocycles. The topological polar surface area (TPSA) is 292 Å². The Hall–Kier alpha value is -6.79. The number of para-hydroxylation sites is 1. The Morgan fingerprint density at radius 1 is 0.705 bits per heavy atom. The van der Waals surface area contributed by atoms with Gasteiger partial charge in [-0.05, 0) is 55.5 Å². The zero-order valence-electron chi connectivity index (χ0n) is 33.6. The van der Waals surface area contributed by atoms with Gasteiger partial charge in [-0.15, -0.1) is 0 Å². The molecule has 1 heterocycles. The predicted molar refractivity (Wildman–Crippen MR) is 212 cm³/mol. The highest BCUT2D eigenvalue weighted by Crippen LogP contribution is 2.23. The van der Waals surface area contributed by atoms with Gasteiger partial charge in [0.25, 0.3) is 0 Å². The second-order valence-corrected chi connectivity index (χ2v) is 14.6. The third-order valence-corrected chi connectivity index (χ3v) is 9.98. The fourth-order valence-corrected chi connectivity index (χ4v) is 6.70. The molecule has 1 aromatic heterocycles. The van der Waals surface area contributed by atoms with Gasteiger partial charge in [0.2, 0.25) is 11.8 Å². The van der Waals surface area contributed by atoms with Crippen LogP contribution in [0.3, 0.4) is 0 Å². The molecule has 328 valence electrons. The molecule has 0 unspecified atom stereocenters. The number of benzene rings is 2. The lowest BCUT2D eigenvalue weighted by molar-refractivity contribution is -0.140. The van der Waals surface area contributed by atoms with Crippen LogP contribution in [0.5, 0.6) is 0 Å². The van der Waals surface area contributed by atoms with Gasteiger partial charge in [-0.25, -0.2) is 9.18 Å². The third-order valence-electron chi connectivity index (χ3n) is 9.98. The van der Waals surface area contributed by atoms with Crippen molar-refractivity contribution in [1.29, 1.82) is 0 Å². The maximum Gasteiger partial charge on any atom is 0.407 e. The van der Waals surface area contributed by atoms with E-state index in [1.165, 1.54) is 25.1 Å². The first-order valence-electron chi connectivity index (χ1n) is 19.3. The van der Waals surface area contributed by atoms with Gasteiger partial charge in [0.05, 0.1) is 26.1 Å². The van der Waals surface area contributed by atoms with Crippen LogP contribution in [0.4, 0.5) is 9.18 Å². The van der Waals surface area contributed by atoms with Gasteiger partial charge in [-0.1, -0.05) is 30.3 Å². The van der Waals surface area contributed by atoms with Crippen molar-refractivity contribution in [2.75, 3.05) is 13.7 Å². The number of hydrogen-bond donors (Lipinski definition) is 7. The summed E-state index contributed by atoms with van der Waals surface area (Å²) in [6, 6.07) is 9.50. The predicted octanol–water partition coefficient (Wildman–Crippen LogP) is 2.94. The Morgan fingerprint density at radius 3 is 1.97 bits per heavy atom.